The molecule has 18 heavy (non-hydrogen) atoms. The number of nitrogens with one attached hydrogen (secondary N) is 1. The summed E-state index contributed by atoms with van der Waals surface area (Å²) in [7, 11) is 1.78. The largest absolute Gasteiger partial charge is 0.399 e. The molecule has 0 radical (unpaired) electrons. The van der Waals surface area contributed by atoms with Gasteiger partial charge in [0, 0.05) is 31.6 Å². The maximum absolute atomic E-state index is 5.66. The highest BCUT2D eigenvalue weighted by molar-refractivity contribution is 5.51. The third-order valence-corrected chi connectivity index (χ3v) is 3.44. The SMILES string of the molecule is COC(CNc1ccc(N)cc1)CN1CCCC1. The minimum Gasteiger partial charge on any atom is -0.399 e. The number of nitrogen functional groups attached to an aromatic ring is 1. The molecule has 3 N–H and O–H groups in total. The summed E-state index contributed by atoms with van der Waals surface area (Å²) in [6.45, 7) is 4.26. The highest BCUT2D eigenvalue weighted by atomic mass is 16.5. The molecule has 1 saturated heterocycles. The molecule has 0 bridgehead atoms. The van der Waals surface area contributed by atoms with Crippen LogP contribution in [0.3, 0.4) is 0 Å². The Morgan fingerprint density at radius 3 is 2.56 bits per heavy atom. The van der Waals surface area contributed by atoms with Crippen LogP contribution in [0.25, 0.3) is 0 Å². The molecule has 0 spiro atoms. The fourth-order valence-corrected chi connectivity index (χ4v) is 2.31. The number of nitrogens with two attached hydrogens (primary N) is 1. The van der Waals surface area contributed by atoms with Crippen molar-refractivity contribution in [3.05, 3.63) is 24.3 Å². The van der Waals surface area contributed by atoms with E-state index in [0.29, 0.717) is 0 Å². The predicted molar refractivity (Wildman–Crippen MR) is 75.8 cm³/mol. The topological polar surface area (TPSA) is 50.5 Å². The van der Waals surface area contributed by atoms with Gasteiger partial charge in [0.2, 0.25) is 0 Å². The highest BCUT2D eigenvalue weighted by Crippen LogP contribution is 2.12. The van der Waals surface area contributed by atoms with Crippen LogP contribution in [0.4, 0.5) is 11.4 Å². The number of likely N-dealkylation sites (tertiary alicyclic amines) is 1. The summed E-state index contributed by atoms with van der Waals surface area (Å²) >= 11 is 0. The molecule has 2 rings (SSSR count). The Morgan fingerprint density at radius 2 is 1.94 bits per heavy atom. The lowest BCUT2D eigenvalue weighted by Gasteiger charge is -2.23. The molecule has 1 atom stereocenters. The molecule has 0 aliphatic carbocycles. The van der Waals surface area contributed by atoms with Gasteiger partial charge in [-0.2, -0.15) is 0 Å². The fraction of sp³-hybridized carbons (Fsp3) is 0.571. The first-order chi connectivity index (χ1) is 8.78. The van der Waals surface area contributed by atoms with Crippen molar-refractivity contribution < 1.29 is 4.74 Å². The lowest BCUT2D eigenvalue weighted by molar-refractivity contribution is 0.0807. The zero-order valence-corrected chi connectivity index (χ0v) is 11.1. The summed E-state index contributed by atoms with van der Waals surface area (Å²) in [5.74, 6) is 0. The summed E-state index contributed by atoms with van der Waals surface area (Å²) in [6.07, 6.45) is 2.88. The third kappa shape index (κ3) is 3.89. The first kappa shape index (κ1) is 13.2. The van der Waals surface area contributed by atoms with Crippen molar-refractivity contribution in [2.24, 2.45) is 0 Å². The molecule has 1 fully saturated rings. The zero-order chi connectivity index (χ0) is 12.8. The number of rotatable bonds is 6. The highest BCUT2D eigenvalue weighted by Gasteiger charge is 2.16. The number of ether oxygens (including phenoxy) is 1. The fourth-order valence-electron chi connectivity index (χ4n) is 2.31. The molecule has 0 aromatic heterocycles. The minimum absolute atomic E-state index is 0.237. The van der Waals surface area contributed by atoms with Crippen LogP contribution in [0.1, 0.15) is 12.8 Å². The second-order valence-corrected chi connectivity index (χ2v) is 4.87. The monoisotopic (exact) mass is 249 g/mol. The molecule has 1 heterocycles. The Balaban J connectivity index is 1.77. The number of nitrogens with zero attached hydrogens (tertiary/aromatic N) is 1. The Hall–Kier alpha value is -1.26. The summed E-state index contributed by atoms with van der Waals surface area (Å²) in [6, 6.07) is 7.81. The van der Waals surface area contributed by atoms with Crippen molar-refractivity contribution in [1.29, 1.82) is 0 Å². The van der Waals surface area contributed by atoms with E-state index in [4.69, 9.17) is 10.5 Å². The Bertz CT molecular complexity index is 347. The van der Waals surface area contributed by atoms with E-state index in [9.17, 15) is 0 Å². The van der Waals surface area contributed by atoms with Crippen molar-refractivity contribution in [3.63, 3.8) is 0 Å². The lowest BCUT2D eigenvalue weighted by Crippen LogP contribution is -2.35. The van der Waals surface area contributed by atoms with Crippen molar-refractivity contribution >= 4 is 11.4 Å². The van der Waals surface area contributed by atoms with Crippen molar-refractivity contribution in [2.45, 2.75) is 18.9 Å². The van der Waals surface area contributed by atoms with Crippen LogP contribution in [0.15, 0.2) is 24.3 Å². The molecule has 4 heteroatoms. The number of anilines is 2. The number of benzene rings is 1. The van der Waals surface area contributed by atoms with Gasteiger partial charge in [-0.1, -0.05) is 0 Å². The molecular weight excluding hydrogens is 226 g/mol. The van der Waals surface area contributed by atoms with E-state index in [2.05, 4.69) is 10.2 Å². The number of methoxy groups -OCH3 is 1. The van der Waals surface area contributed by atoms with Gasteiger partial charge in [0.25, 0.3) is 0 Å². The average molecular weight is 249 g/mol. The van der Waals surface area contributed by atoms with Crippen molar-refractivity contribution in [1.82, 2.24) is 4.90 Å². The van der Waals surface area contributed by atoms with Crippen LogP contribution < -0.4 is 11.1 Å². The predicted octanol–water partition coefficient (Wildman–Crippen LogP) is 1.79. The van der Waals surface area contributed by atoms with Crippen LogP contribution in [0, 0.1) is 0 Å². The Kier molecular flexibility index (Phi) is 4.84. The van der Waals surface area contributed by atoms with E-state index in [1.807, 2.05) is 24.3 Å². The average Bonchev–Trinajstić information content (AvgIpc) is 2.89. The smallest absolute Gasteiger partial charge is 0.0870 e. The first-order valence-corrected chi connectivity index (χ1v) is 6.62. The van der Waals surface area contributed by atoms with E-state index in [0.717, 1.165) is 24.5 Å². The first-order valence-electron chi connectivity index (χ1n) is 6.62. The van der Waals surface area contributed by atoms with Gasteiger partial charge in [-0.3, -0.25) is 0 Å². The van der Waals surface area contributed by atoms with E-state index >= 15 is 0 Å². The maximum Gasteiger partial charge on any atom is 0.0870 e. The number of hydrogen-bond acceptors (Lipinski definition) is 4. The van der Waals surface area contributed by atoms with Crippen LogP contribution in [-0.4, -0.2) is 44.3 Å². The van der Waals surface area contributed by atoms with E-state index in [-0.39, 0.29) is 6.10 Å². The van der Waals surface area contributed by atoms with Crippen LogP contribution in [0.5, 0.6) is 0 Å². The summed E-state index contributed by atoms with van der Waals surface area (Å²) in [5, 5.41) is 3.39. The standard InChI is InChI=1S/C14H23N3O/c1-18-14(11-17-8-2-3-9-17)10-16-13-6-4-12(15)5-7-13/h4-7,14,16H,2-3,8-11,15H2,1H3. The molecule has 0 amide bonds. The summed E-state index contributed by atoms with van der Waals surface area (Å²) in [5.41, 5.74) is 7.54. The molecule has 0 saturated carbocycles. The zero-order valence-electron chi connectivity index (χ0n) is 11.1. The van der Waals surface area contributed by atoms with Crippen LogP contribution in [-0.2, 0) is 4.74 Å². The molecule has 1 unspecified atom stereocenters. The van der Waals surface area contributed by atoms with Gasteiger partial charge < -0.3 is 20.7 Å². The normalized spacial score (nSPS) is 17.8. The molecule has 1 aliphatic heterocycles. The quantitative estimate of drug-likeness (QED) is 0.755. The van der Waals surface area contributed by atoms with Gasteiger partial charge in [-0.15, -0.1) is 0 Å². The van der Waals surface area contributed by atoms with E-state index < -0.39 is 0 Å². The van der Waals surface area contributed by atoms with Crippen LogP contribution in [0.2, 0.25) is 0 Å². The lowest BCUT2D eigenvalue weighted by atomic mass is 10.2. The van der Waals surface area contributed by atoms with Gasteiger partial charge in [0.1, 0.15) is 0 Å². The maximum atomic E-state index is 5.66. The van der Waals surface area contributed by atoms with Crippen LogP contribution >= 0.6 is 0 Å². The molecule has 1 aliphatic rings. The molecule has 100 valence electrons. The van der Waals surface area contributed by atoms with Gasteiger partial charge in [-0.25, -0.2) is 0 Å². The van der Waals surface area contributed by atoms with Gasteiger partial charge >= 0.3 is 0 Å². The third-order valence-electron chi connectivity index (χ3n) is 3.44. The van der Waals surface area contributed by atoms with Crippen molar-refractivity contribution in [3.8, 4) is 0 Å². The van der Waals surface area contributed by atoms with E-state index in [1.54, 1.807) is 7.11 Å². The number of hydrogen-bond donors (Lipinski definition) is 2. The molecule has 1 aromatic rings. The molecular formula is C14H23N3O. The second-order valence-electron chi connectivity index (χ2n) is 4.87. The van der Waals surface area contributed by atoms with Gasteiger partial charge in [0.05, 0.1) is 6.10 Å². The van der Waals surface area contributed by atoms with Crippen molar-refractivity contribution in [2.75, 3.05) is 44.3 Å². The molecule has 4 nitrogen and oxygen atoms in total. The minimum atomic E-state index is 0.237. The van der Waals surface area contributed by atoms with Gasteiger partial charge in [0.15, 0.2) is 0 Å². The van der Waals surface area contributed by atoms with E-state index in [1.165, 1.54) is 25.9 Å². The summed E-state index contributed by atoms with van der Waals surface area (Å²) < 4.78 is 5.53. The molecule has 1 aromatic carbocycles. The summed E-state index contributed by atoms with van der Waals surface area (Å²) in [4.78, 5) is 2.47. The van der Waals surface area contributed by atoms with Gasteiger partial charge in [-0.05, 0) is 50.2 Å². The Morgan fingerprint density at radius 1 is 1.28 bits per heavy atom. The second kappa shape index (κ2) is 6.61. The Labute approximate surface area is 109 Å².